The van der Waals surface area contributed by atoms with Gasteiger partial charge in [0.2, 0.25) is 0 Å². The second-order valence-corrected chi connectivity index (χ2v) is 5.81. The molecule has 0 saturated heterocycles. The van der Waals surface area contributed by atoms with Crippen molar-refractivity contribution < 1.29 is 4.79 Å². The molecule has 0 atom stereocenters. The van der Waals surface area contributed by atoms with E-state index in [4.69, 9.17) is 0 Å². The number of likely N-dealkylation sites (N-methyl/N-ethyl adjacent to an activating group) is 1. The molecule has 2 aromatic carbocycles. The van der Waals surface area contributed by atoms with Crippen molar-refractivity contribution in [3.63, 3.8) is 0 Å². The van der Waals surface area contributed by atoms with Gasteiger partial charge in [-0.1, -0.05) is 42.8 Å². The minimum Gasteiger partial charge on any atom is -0.319 e. The molecule has 2 nitrogen and oxygen atoms in total. The van der Waals surface area contributed by atoms with Crippen molar-refractivity contribution in [1.82, 2.24) is 5.32 Å². The van der Waals surface area contributed by atoms with E-state index in [1.54, 1.807) is 0 Å². The van der Waals surface area contributed by atoms with Crippen molar-refractivity contribution >= 4 is 6.29 Å². The first-order valence-corrected chi connectivity index (χ1v) is 7.98. The van der Waals surface area contributed by atoms with Crippen LogP contribution in [0.25, 0.3) is 0 Å². The molecule has 116 valence electrons. The number of nitrogens with one attached hydrogen (secondary N) is 1. The highest BCUT2D eigenvalue weighted by atomic mass is 16.1. The summed E-state index contributed by atoms with van der Waals surface area (Å²) >= 11 is 0. The molecule has 0 bridgehead atoms. The molecule has 0 heterocycles. The van der Waals surface area contributed by atoms with Crippen molar-refractivity contribution in [2.24, 2.45) is 0 Å². The third-order valence-corrected chi connectivity index (χ3v) is 4.13. The van der Waals surface area contributed by atoms with Crippen LogP contribution in [0.2, 0.25) is 0 Å². The molecule has 0 aliphatic carbocycles. The standard InChI is InChI=1S/C20H25NO/c1-4-17-12-18(9-10-21-3)20(14-22)13-19(17)11-16-7-5-15(2)6-8-16/h5-8,12-14,21H,4,9-11H2,1-3H3. The predicted molar refractivity (Wildman–Crippen MR) is 92.8 cm³/mol. The summed E-state index contributed by atoms with van der Waals surface area (Å²) in [6.07, 6.45) is 3.76. The quantitative estimate of drug-likeness (QED) is 0.789. The summed E-state index contributed by atoms with van der Waals surface area (Å²) < 4.78 is 0. The molecule has 2 rings (SSSR count). The highest BCUT2D eigenvalue weighted by molar-refractivity contribution is 5.78. The van der Waals surface area contributed by atoms with E-state index >= 15 is 0 Å². The number of aryl methyl sites for hydroxylation is 2. The zero-order valence-corrected chi connectivity index (χ0v) is 13.8. The van der Waals surface area contributed by atoms with E-state index in [0.717, 1.165) is 43.2 Å². The van der Waals surface area contributed by atoms with E-state index in [1.807, 2.05) is 7.05 Å². The molecule has 0 saturated carbocycles. The lowest BCUT2D eigenvalue weighted by Crippen LogP contribution is -2.12. The lowest BCUT2D eigenvalue weighted by molar-refractivity contribution is 0.112. The van der Waals surface area contributed by atoms with Gasteiger partial charge in [0.15, 0.2) is 0 Å². The maximum absolute atomic E-state index is 11.4. The van der Waals surface area contributed by atoms with Gasteiger partial charge in [0.25, 0.3) is 0 Å². The Kier molecular flexibility index (Phi) is 5.91. The first-order valence-electron chi connectivity index (χ1n) is 7.98. The fourth-order valence-corrected chi connectivity index (χ4v) is 2.76. The van der Waals surface area contributed by atoms with Crippen LogP contribution in [-0.2, 0) is 19.3 Å². The van der Waals surface area contributed by atoms with E-state index in [0.29, 0.717) is 0 Å². The van der Waals surface area contributed by atoms with Gasteiger partial charge in [-0.3, -0.25) is 4.79 Å². The van der Waals surface area contributed by atoms with Gasteiger partial charge in [-0.2, -0.15) is 0 Å². The molecular weight excluding hydrogens is 270 g/mol. The zero-order chi connectivity index (χ0) is 15.9. The van der Waals surface area contributed by atoms with Crippen LogP contribution in [0.5, 0.6) is 0 Å². The van der Waals surface area contributed by atoms with Crippen LogP contribution < -0.4 is 5.32 Å². The number of carbonyl (C=O) groups is 1. The summed E-state index contributed by atoms with van der Waals surface area (Å²) in [6, 6.07) is 12.9. The molecular formula is C20H25NO. The van der Waals surface area contributed by atoms with Crippen LogP contribution in [0.3, 0.4) is 0 Å². The highest BCUT2D eigenvalue weighted by Gasteiger charge is 2.09. The lowest BCUT2D eigenvalue weighted by atomic mass is 9.92. The molecule has 0 unspecified atom stereocenters. The average molecular weight is 295 g/mol. The summed E-state index contributed by atoms with van der Waals surface area (Å²) in [5.74, 6) is 0. The number of carbonyl (C=O) groups excluding carboxylic acids is 1. The predicted octanol–water partition coefficient (Wildman–Crippen LogP) is 3.72. The Bertz CT molecular complexity index is 629. The van der Waals surface area contributed by atoms with Gasteiger partial charge in [-0.25, -0.2) is 0 Å². The molecule has 0 fully saturated rings. The second kappa shape index (κ2) is 7.90. The largest absolute Gasteiger partial charge is 0.319 e. The van der Waals surface area contributed by atoms with Gasteiger partial charge in [0, 0.05) is 5.56 Å². The first-order chi connectivity index (χ1) is 10.7. The van der Waals surface area contributed by atoms with Gasteiger partial charge in [0.05, 0.1) is 0 Å². The molecule has 22 heavy (non-hydrogen) atoms. The normalized spacial score (nSPS) is 10.7. The Morgan fingerprint density at radius 1 is 1.05 bits per heavy atom. The minimum atomic E-state index is 0.828. The van der Waals surface area contributed by atoms with Crippen molar-refractivity contribution in [2.45, 2.75) is 33.1 Å². The fraction of sp³-hybridized carbons (Fsp3) is 0.350. The topological polar surface area (TPSA) is 29.1 Å². The summed E-state index contributed by atoms with van der Waals surface area (Å²) in [7, 11) is 1.94. The third kappa shape index (κ3) is 4.05. The van der Waals surface area contributed by atoms with Gasteiger partial charge in [0.1, 0.15) is 6.29 Å². The van der Waals surface area contributed by atoms with Crippen LogP contribution in [0.15, 0.2) is 36.4 Å². The molecule has 2 aromatic rings. The molecule has 0 aliphatic rings. The Morgan fingerprint density at radius 2 is 1.77 bits per heavy atom. The number of aldehydes is 1. The SMILES string of the molecule is CCc1cc(CCNC)c(C=O)cc1Cc1ccc(C)cc1. The van der Waals surface area contributed by atoms with Crippen LogP contribution in [-0.4, -0.2) is 19.9 Å². The van der Waals surface area contributed by atoms with Gasteiger partial charge < -0.3 is 5.32 Å². The highest BCUT2D eigenvalue weighted by Crippen LogP contribution is 2.21. The smallest absolute Gasteiger partial charge is 0.150 e. The zero-order valence-electron chi connectivity index (χ0n) is 13.8. The molecule has 0 spiro atoms. The van der Waals surface area contributed by atoms with Crippen LogP contribution in [0.1, 0.15) is 45.1 Å². The van der Waals surface area contributed by atoms with Crippen molar-refractivity contribution in [3.8, 4) is 0 Å². The molecule has 2 heteroatoms. The summed E-state index contributed by atoms with van der Waals surface area (Å²) in [6.45, 7) is 5.17. The lowest BCUT2D eigenvalue weighted by Gasteiger charge is -2.14. The fourth-order valence-electron chi connectivity index (χ4n) is 2.76. The van der Waals surface area contributed by atoms with E-state index in [9.17, 15) is 4.79 Å². The molecule has 1 N–H and O–H groups in total. The summed E-state index contributed by atoms with van der Waals surface area (Å²) in [4.78, 5) is 11.4. The average Bonchev–Trinajstić information content (AvgIpc) is 2.55. The van der Waals surface area contributed by atoms with Gasteiger partial charge in [-0.05, 0) is 68.1 Å². The van der Waals surface area contributed by atoms with Crippen LogP contribution in [0, 0.1) is 6.92 Å². The van der Waals surface area contributed by atoms with Crippen molar-refractivity contribution in [1.29, 1.82) is 0 Å². The van der Waals surface area contributed by atoms with E-state index in [-0.39, 0.29) is 0 Å². The summed E-state index contributed by atoms with van der Waals surface area (Å²) in [5.41, 5.74) is 7.15. The second-order valence-electron chi connectivity index (χ2n) is 5.81. The first kappa shape index (κ1) is 16.4. The Balaban J connectivity index is 2.33. The maximum Gasteiger partial charge on any atom is 0.150 e. The van der Waals surface area contributed by atoms with Crippen molar-refractivity contribution in [3.05, 3.63) is 69.8 Å². The number of rotatable bonds is 7. The van der Waals surface area contributed by atoms with E-state index in [1.165, 1.54) is 22.3 Å². The minimum absolute atomic E-state index is 0.828. The van der Waals surface area contributed by atoms with Crippen LogP contribution >= 0.6 is 0 Å². The summed E-state index contributed by atoms with van der Waals surface area (Å²) in [5, 5.41) is 3.15. The van der Waals surface area contributed by atoms with Crippen LogP contribution in [0.4, 0.5) is 0 Å². The van der Waals surface area contributed by atoms with E-state index < -0.39 is 0 Å². The number of benzene rings is 2. The molecule has 0 radical (unpaired) electrons. The molecule has 0 amide bonds. The molecule has 0 aliphatic heterocycles. The Hall–Kier alpha value is -1.93. The maximum atomic E-state index is 11.4. The number of hydrogen-bond donors (Lipinski definition) is 1. The monoisotopic (exact) mass is 295 g/mol. The third-order valence-electron chi connectivity index (χ3n) is 4.13. The van der Waals surface area contributed by atoms with E-state index in [2.05, 4.69) is 55.6 Å². The molecule has 0 aromatic heterocycles. The number of hydrogen-bond acceptors (Lipinski definition) is 2. The van der Waals surface area contributed by atoms with Gasteiger partial charge in [-0.15, -0.1) is 0 Å². The van der Waals surface area contributed by atoms with Gasteiger partial charge >= 0.3 is 0 Å². The Morgan fingerprint density at radius 3 is 2.36 bits per heavy atom. The Labute approximate surface area is 133 Å². The van der Waals surface area contributed by atoms with Crippen molar-refractivity contribution in [2.75, 3.05) is 13.6 Å².